The Kier molecular flexibility index (Phi) is 3.19. The van der Waals surface area contributed by atoms with Crippen LogP contribution in [0.1, 0.15) is 0 Å². The number of aromatic nitrogens is 2. The van der Waals surface area contributed by atoms with Crippen LogP contribution in [0.15, 0.2) is 48.2 Å². The Hall–Kier alpha value is -1.91. The summed E-state index contributed by atoms with van der Waals surface area (Å²) in [6.07, 6.45) is 3.56. The number of nitrogen functional groups attached to an aromatic ring is 1. The quantitative estimate of drug-likeness (QED) is 0.772. The van der Waals surface area contributed by atoms with Crippen LogP contribution in [-0.2, 0) is 0 Å². The highest BCUT2D eigenvalue weighted by Gasteiger charge is 2.07. The average molecular weight is 288 g/mol. The van der Waals surface area contributed by atoms with Crippen LogP contribution in [0, 0.1) is 0 Å². The first-order valence-electron chi connectivity index (χ1n) is 5.64. The highest BCUT2D eigenvalue weighted by molar-refractivity contribution is 7.13. The monoisotopic (exact) mass is 287 g/mol. The van der Waals surface area contributed by atoms with Crippen LogP contribution >= 0.6 is 22.9 Å². The molecule has 1 aromatic carbocycles. The molecule has 2 heterocycles. The molecule has 3 nitrogen and oxygen atoms in total. The Balaban J connectivity index is 2.02. The summed E-state index contributed by atoms with van der Waals surface area (Å²) in [7, 11) is 0. The third-order valence-corrected chi connectivity index (χ3v) is 3.91. The fraction of sp³-hybridized carbons (Fsp3) is 0. The van der Waals surface area contributed by atoms with Gasteiger partial charge in [0.1, 0.15) is 5.82 Å². The van der Waals surface area contributed by atoms with Gasteiger partial charge in [-0.05, 0) is 23.8 Å². The molecule has 0 aliphatic carbocycles. The molecular weight excluding hydrogens is 278 g/mol. The normalized spacial score (nSPS) is 10.6. The molecule has 0 aliphatic heterocycles. The van der Waals surface area contributed by atoms with Crippen LogP contribution in [0.4, 0.5) is 5.82 Å². The van der Waals surface area contributed by atoms with E-state index in [0.717, 1.165) is 21.6 Å². The van der Waals surface area contributed by atoms with Crippen LogP contribution in [0.5, 0.6) is 0 Å². The Morgan fingerprint density at radius 3 is 2.53 bits per heavy atom. The second kappa shape index (κ2) is 4.99. The average Bonchev–Trinajstić information content (AvgIpc) is 2.93. The number of nitrogens with two attached hydrogens (primary N) is 1. The number of hydrogen-bond donors (Lipinski definition) is 1. The van der Waals surface area contributed by atoms with Crippen LogP contribution in [-0.4, -0.2) is 9.97 Å². The molecular formula is C14H10ClN3S. The molecule has 5 heteroatoms. The predicted octanol–water partition coefficient (Wildman–Crippen LogP) is 4.11. The zero-order valence-electron chi connectivity index (χ0n) is 9.88. The second-order valence-electron chi connectivity index (χ2n) is 4.03. The number of rotatable bonds is 2. The van der Waals surface area contributed by atoms with Crippen LogP contribution in [0.3, 0.4) is 0 Å². The largest absolute Gasteiger partial charge is 0.384 e. The van der Waals surface area contributed by atoms with Gasteiger partial charge < -0.3 is 5.73 Å². The lowest BCUT2D eigenvalue weighted by atomic mass is 10.1. The Labute approximate surface area is 119 Å². The van der Waals surface area contributed by atoms with E-state index in [2.05, 4.69) is 9.97 Å². The maximum Gasteiger partial charge on any atom is 0.123 e. The van der Waals surface area contributed by atoms with E-state index in [1.807, 2.05) is 30.5 Å². The molecule has 0 atom stereocenters. The molecule has 0 radical (unpaired) electrons. The van der Waals surface area contributed by atoms with Gasteiger partial charge in [-0.25, -0.2) is 4.98 Å². The molecule has 2 N–H and O–H groups in total. The highest BCUT2D eigenvalue weighted by Crippen LogP contribution is 2.33. The second-order valence-corrected chi connectivity index (χ2v) is 5.33. The fourth-order valence-electron chi connectivity index (χ4n) is 1.82. The molecule has 0 amide bonds. The molecule has 2 aromatic heterocycles. The molecule has 0 aliphatic rings. The SMILES string of the molecule is Nc1ccc(-c2ccc(-c3cncs3)c(Cl)c2)cn1. The minimum atomic E-state index is 0.510. The van der Waals surface area contributed by atoms with Crippen LogP contribution < -0.4 is 5.73 Å². The highest BCUT2D eigenvalue weighted by atomic mass is 35.5. The number of hydrogen-bond acceptors (Lipinski definition) is 4. The van der Waals surface area contributed by atoms with Crippen molar-refractivity contribution in [2.24, 2.45) is 0 Å². The standard InChI is InChI=1S/C14H10ClN3S/c15-12-5-9(10-2-4-14(16)18-6-10)1-3-11(12)13-7-17-8-19-13/h1-8H,(H2,16,18). The number of halogens is 1. The number of pyridine rings is 1. The zero-order chi connectivity index (χ0) is 13.2. The van der Waals surface area contributed by atoms with Crippen LogP contribution in [0.25, 0.3) is 21.6 Å². The lowest BCUT2D eigenvalue weighted by Crippen LogP contribution is -1.89. The summed E-state index contributed by atoms with van der Waals surface area (Å²) in [4.78, 5) is 9.21. The van der Waals surface area contributed by atoms with E-state index in [9.17, 15) is 0 Å². The van der Waals surface area contributed by atoms with E-state index in [0.29, 0.717) is 10.8 Å². The summed E-state index contributed by atoms with van der Waals surface area (Å²) in [5.41, 5.74) is 10.4. The molecule has 19 heavy (non-hydrogen) atoms. The summed E-state index contributed by atoms with van der Waals surface area (Å²) in [5, 5.41) is 0.707. The van der Waals surface area contributed by atoms with Crippen molar-refractivity contribution in [3.63, 3.8) is 0 Å². The lowest BCUT2D eigenvalue weighted by molar-refractivity contribution is 1.34. The van der Waals surface area contributed by atoms with Gasteiger partial charge in [-0.3, -0.25) is 4.98 Å². The van der Waals surface area contributed by atoms with Gasteiger partial charge in [0, 0.05) is 28.5 Å². The first-order valence-corrected chi connectivity index (χ1v) is 6.90. The molecule has 94 valence electrons. The number of thiazole rings is 1. The maximum atomic E-state index is 6.34. The third-order valence-electron chi connectivity index (χ3n) is 2.79. The number of nitrogens with zero attached hydrogens (tertiary/aromatic N) is 2. The van der Waals surface area contributed by atoms with Crippen molar-refractivity contribution in [2.75, 3.05) is 5.73 Å². The molecule has 0 fully saturated rings. The molecule has 0 saturated carbocycles. The van der Waals surface area contributed by atoms with E-state index in [-0.39, 0.29) is 0 Å². The van der Waals surface area contributed by atoms with Crippen molar-refractivity contribution in [3.8, 4) is 21.6 Å². The van der Waals surface area contributed by atoms with Crippen molar-refractivity contribution in [2.45, 2.75) is 0 Å². The number of benzene rings is 1. The molecule has 0 saturated heterocycles. The molecule has 0 bridgehead atoms. The van der Waals surface area contributed by atoms with Crippen molar-refractivity contribution >= 4 is 28.8 Å². The van der Waals surface area contributed by atoms with E-state index >= 15 is 0 Å². The first-order chi connectivity index (χ1) is 9.24. The van der Waals surface area contributed by atoms with E-state index in [1.165, 1.54) is 0 Å². The summed E-state index contributed by atoms with van der Waals surface area (Å²) in [6, 6.07) is 9.67. The van der Waals surface area contributed by atoms with Gasteiger partial charge in [-0.15, -0.1) is 11.3 Å². The van der Waals surface area contributed by atoms with Gasteiger partial charge in [0.05, 0.1) is 10.4 Å². The van der Waals surface area contributed by atoms with Gasteiger partial charge in [0.15, 0.2) is 0 Å². The zero-order valence-corrected chi connectivity index (χ0v) is 11.4. The lowest BCUT2D eigenvalue weighted by Gasteiger charge is -2.06. The topological polar surface area (TPSA) is 51.8 Å². The van der Waals surface area contributed by atoms with Crippen molar-refractivity contribution in [3.05, 3.63) is 53.3 Å². The minimum Gasteiger partial charge on any atom is -0.384 e. The summed E-state index contributed by atoms with van der Waals surface area (Å²) < 4.78 is 0. The van der Waals surface area contributed by atoms with Crippen molar-refractivity contribution in [1.82, 2.24) is 9.97 Å². The number of anilines is 1. The molecule has 3 rings (SSSR count). The van der Waals surface area contributed by atoms with Crippen molar-refractivity contribution < 1.29 is 0 Å². The predicted molar refractivity (Wildman–Crippen MR) is 80.2 cm³/mol. The maximum absolute atomic E-state index is 6.34. The van der Waals surface area contributed by atoms with E-state index < -0.39 is 0 Å². The van der Waals surface area contributed by atoms with Crippen molar-refractivity contribution in [1.29, 1.82) is 0 Å². The Bertz CT molecular complexity index is 693. The summed E-state index contributed by atoms with van der Waals surface area (Å²) >= 11 is 7.91. The first kappa shape index (κ1) is 12.1. The fourth-order valence-corrected chi connectivity index (χ4v) is 2.82. The third kappa shape index (κ3) is 2.45. The molecule has 3 aromatic rings. The van der Waals surface area contributed by atoms with E-state index in [4.69, 9.17) is 17.3 Å². The summed E-state index contributed by atoms with van der Waals surface area (Å²) in [5.74, 6) is 0.510. The Morgan fingerprint density at radius 1 is 1.05 bits per heavy atom. The smallest absolute Gasteiger partial charge is 0.123 e. The molecule has 0 unspecified atom stereocenters. The van der Waals surface area contributed by atoms with Crippen LogP contribution in [0.2, 0.25) is 5.02 Å². The Morgan fingerprint density at radius 2 is 1.89 bits per heavy atom. The van der Waals surface area contributed by atoms with Gasteiger partial charge in [-0.1, -0.05) is 23.7 Å². The minimum absolute atomic E-state index is 0.510. The molecule has 0 spiro atoms. The van der Waals surface area contributed by atoms with E-state index in [1.54, 1.807) is 29.1 Å². The van der Waals surface area contributed by atoms with Gasteiger partial charge >= 0.3 is 0 Å². The van der Waals surface area contributed by atoms with Gasteiger partial charge in [0.2, 0.25) is 0 Å². The van der Waals surface area contributed by atoms with Gasteiger partial charge in [-0.2, -0.15) is 0 Å². The summed E-state index contributed by atoms with van der Waals surface area (Å²) in [6.45, 7) is 0. The van der Waals surface area contributed by atoms with Gasteiger partial charge in [0.25, 0.3) is 0 Å².